The van der Waals surface area contributed by atoms with Gasteiger partial charge in [-0.3, -0.25) is 14.9 Å². The van der Waals surface area contributed by atoms with Gasteiger partial charge in [-0.2, -0.15) is 0 Å². The molecule has 21 heavy (non-hydrogen) atoms. The third-order valence-corrected chi connectivity index (χ3v) is 3.62. The van der Waals surface area contributed by atoms with Crippen LogP contribution in [-0.4, -0.2) is 29.6 Å². The van der Waals surface area contributed by atoms with Crippen molar-refractivity contribution in [1.29, 1.82) is 0 Å². The number of aryl methyl sites for hydroxylation is 1. The molecule has 1 aliphatic heterocycles. The average Bonchev–Trinajstić information content (AvgIpc) is 2.86. The molecule has 1 heterocycles. The van der Waals surface area contributed by atoms with Crippen molar-refractivity contribution < 1.29 is 18.8 Å². The van der Waals surface area contributed by atoms with Gasteiger partial charge in [-0.25, -0.2) is 4.39 Å². The first-order valence-electron chi connectivity index (χ1n) is 6.69. The molecular formula is C14H17FN2O4. The molecule has 0 spiro atoms. The normalized spacial score (nSPS) is 21.3. The zero-order valence-corrected chi connectivity index (χ0v) is 11.9. The summed E-state index contributed by atoms with van der Waals surface area (Å²) in [6, 6.07) is 2.06. The Labute approximate surface area is 121 Å². The predicted molar refractivity (Wildman–Crippen MR) is 73.7 cm³/mol. The van der Waals surface area contributed by atoms with Crippen LogP contribution in [-0.2, 0) is 4.74 Å². The number of nitro groups is 1. The Bertz CT molecular complexity index is 583. The second-order valence-corrected chi connectivity index (χ2v) is 5.47. The molecule has 6 nitrogen and oxygen atoms in total. The predicted octanol–water partition coefficient (Wildman–Crippen LogP) is 2.34. The summed E-state index contributed by atoms with van der Waals surface area (Å²) in [5.41, 5.74) is -1.01. The lowest BCUT2D eigenvalue weighted by molar-refractivity contribution is -0.385. The van der Waals surface area contributed by atoms with Crippen molar-refractivity contribution in [2.75, 3.05) is 13.2 Å². The van der Waals surface area contributed by atoms with Crippen molar-refractivity contribution in [3.63, 3.8) is 0 Å². The molecule has 1 saturated heterocycles. The van der Waals surface area contributed by atoms with Gasteiger partial charge in [0.2, 0.25) is 0 Å². The molecule has 0 aliphatic carbocycles. The molecule has 1 aromatic rings. The van der Waals surface area contributed by atoms with Crippen molar-refractivity contribution >= 4 is 11.6 Å². The maximum absolute atomic E-state index is 14.0. The van der Waals surface area contributed by atoms with E-state index >= 15 is 0 Å². The van der Waals surface area contributed by atoms with Crippen molar-refractivity contribution in [2.45, 2.75) is 32.3 Å². The van der Waals surface area contributed by atoms with E-state index in [1.807, 2.05) is 6.92 Å². The lowest BCUT2D eigenvalue weighted by Gasteiger charge is -2.23. The minimum Gasteiger partial charge on any atom is -0.373 e. The fourth-order valence-electron chi connectivity index (χ4n) is 2.36. The molecule has 0 aromatic heterocycles. The van der Waals surface area contributed by atoms with Gasteiger partial charge in [-0.15, -0.1) is 0 Å². The van der Waals surface area contributed by atoms with Crippen LogP contribution in [0.1, 0.15) is 35.7 Å². The molecule has 1 aromatic carbocycles. The van der Waals surface area contributed by atoms with Gasteiger partial charge in [0, 0.05) is 25.3 Å². The van der Waals surface area contributed by atoms with Crippen LogP contribution in [0.4, 0.5) is 10.1 Å². The molecule has 7 heteroatoms. The maximum Gasteiger partial charge on any atom is 0.270 e. The minimum absolute atomic E-state index is 0.0673. The molecule has 1 fully saturated rings. The van der Waals surface area contributed by atoms with Crippen molar-refractivity contribution in [1.82, 2.24) is 5.32 Å². The highest BCUT2D eigenvalue weighted by Crippen LogP contribution is 2.25. The lowest BCUT2D eigenvalue weighted by atomic mass is 10.0. The Morgan fingerprint density at radius 2 is 2.29 bits per heavy atom. The number of hydrogen-bond acceptors (Lipinski definition) is 4. The van der Waals surface area contributed by atoms with Gasteiger partial charge in [-0.1, -0.05) is 0 Å². The third-order valence-electron chi connectivity index (χ3n) is 3.62. The van der Waals surface area contributed by atoms with E-state index in [1.54, 1.807) is 0 Å². The number of nitrogens with one attached hydrogen (secondary N) is 1. The number of rotatable bonds is 4. The van der Waals surface area contributed by atoms with E-state index in [4.69, 9.17) is 4.74 Å². The SMILES string of the molecule is Cc1cc([N+](=O)[O-])cc(C(=O)NCC2(C)CCCO2)c1F. The van der Waals surface area contributed by atoms with Gasteiger partial charge in [0.05, 0.1) is 16.1 Å². The Kier molecular flexibility index (Phi) is 4.22. The van der Waals surface area contributed by atoms with Crippen molar-refractivity contribution in [3.8, 4) is 0 Å². The number of nitrogens with zero attached hydrogens (tertiary/aromatic N) is 1. The Balaban J connectivity index is 2.16. The van der Waals surface area contributed by atoms with Gasteiger partial charge in [0.15, 0.2) is 0 Å². The zero-order valence-electron chi connectivity index (χ0n) is 11.9. The molecule has 0 radical (unpaired) electrons. The summed E-state index contributed by atoms with van der Waals surface area (Å²) in [5.74, 6) is -1.41. The number of halogens is 1. The van der Waals surface area contributed by atoms with Crippen molar-refractivity contribution in [2.24, 2.45) is 0 Å². The number of ether oxygens (including phenoxy) is 1. The quantitative estimate of drug-likeness (QED) is 0.683. The number of benzene rings is 1. The van der Waals surface area contributed by atoms with E-state index in [0.717, 1.165) is 25.0 Å². The highest BCUT2D eigenvalue weighted by molar-refractivity contribution is 5.95. The standard InChI is InChI=1S/C14H17FN2O4/c1-9-6-10(17(19)20)7-11(12(9)15)13(18)16-8-14(2)4-3-5-21-14/h6-7H,3-5,8H2,1-2H3,(H,16,18). The molecule has 1 atom stereocenters. The average molecular weight is 296 g/mol. The first kappa shape index (κ1) is 15.4. The Morgan fingerprint density at radius 1 is 1.57 bits per heavy atom. The number of non-ortho nitro benzene ring substituents is 1. The van der Waals surface area contributed by atoms with Crippen LogP contribution >= 0.6 is 0 Å². The van der Waals surface area contributed by atoms with E-state index in [1.165, 1.54) is 6.92 Å². The van der Waals surface area contributed by atoms with Crippen LogP contribution in [0.5, 0.6) is 0 Å². The van der Waals surface area contributed by atoms with Crippen LogP contribution in [0.2, 0.25) is 0 Å². The van der Waals surface area contributed by atoms with Crippen LogP contribution in [0.25, 0.3) is 0 Å². The van der Waals surface area contributed by atoms with Crippen molar-refractivity contribution in [3.05, 3.63) is 39.2 Å². The second kappa shape index (κ2) is 5.77. The summed E-state index contributed by atoms with van der Waals surface area (Å²) < 4.78 is 19.5. The number of nitro benzene ring substituents is 1. The van der Waals surface area contributed by atoms with E-state index in [0.29, 0.717) is 6.61 Å². The molecule has 0 saturated carbocycles. The fourth-order valence-corrected chi connectivity index (χ4v) is 2.36. The molecule has 1 amide bonds. The van der Waals surface area contributed by atoms with Crippen LogP contribution in [0.3, 0.4) is 0 Å². The lowest BCUT2D eigenvalue weighted by Crippen LogP contribution is -2.40. The molecule has 114 valence electrons. The van der Waals surface area contributed by atoms with E-state index in [9.17, 15) is 19.3 Å². The van der Waals surface area contributed by atoms with E-state index in [2.05, 4.69) is 5.32 Å². The highest BCUT2D eigenvalue weighted by Gasteiger charge is 2.30. The maximum atomic E-state index is 14.0. The molecular weight excluding hydrogens is 279 g/mol. The summed E-state index contributed by atoms with van der Waals surface area (Å²) in [6.07, 6.45) is 1.72. The number of carbonyl (C=O) groups excluding carboxylic acids is 1. The minimum atomic E-state index is -0.740. The third kappa shape index (κ3) is 3.36. The van der Waals surface area contributed by atoms with E-state index in [-0.39, 0.29) is 23.4 Å². The van der Waals surface area contributed by atoms with Gasteiger partial charge in [-0.05, 0) is 32.3 Å². The van der Waals surface area contributed by atoms with Crippen LogP contribution in [0.15, 0.2) is 12.1 Å². The zero-order chi connectivity index (χ0) is 15.6. The molecule has 1 unspecified atom stereocenters. The van der Waals surface area contributed by atoms with Gasteiger partial charge >= 0.3 is 0 Å². The number of hydrogen-bond donors (Lipinski definition) is 1. The monoisotopic (exact) mass is 296 g/mol. The largest absolute Gasteiger partial charge is 0.373 e. The Hall–Kier alpha value is -2.02. The summed E-state index contributed by atoms with van der Waals surface area (Å²) in [5, 5.41) is 13.4. The fraction of sp³-hybridized carbons (Fsp3) is 0.500. The molecule has 0 bridgehead atoms. The van der Waals surface area contributed by atoms with Gasteiger partial charge < -0.3 is 10.1 Å². The second-order valence-electron chi connectivity index (χ2n) is 5.47. The topological polar surface area (TPSA) is 81.5 Å². The molecule has 1 aliphatic rings. The summed E-state index contributed by atoms with van der Waals surface area (Å²) >= 11 is 0. The van der Waals surface area contributed by atoms with Gasteiger partial charge in [0.25, 0.3) is 11.6 Å². The summed E-state index contributed by atoms with van der Waals surface area (Å²) in [6.45, 7) is 4.14. The summed E-state index contributed by atoms with van der Waals surface area (Å²) in [7, 11) is 0. The smallest absolute Gasteiger partial charge is 0.270 e. The molecule has 1 N–H and O–H groups in total. The van der Waals surface area contributed by atoms with Crippen LogP contribution < -0.4 is 5.32 Å². The highest BCUT2D eigenvalue weighted by atomic mass is 19.1. The first-order chi connectivity index (χ1) is 9.82. The Morgan fingerprint density at radius 3 is 2.86 bits per heavy atom. The van der Waals surface area contributed by atoms with Crippen LogP contribution in [0, 0.1) is 22.9 Å². The van der Waals surface area contributed by atoms with E-state index < -0.39 is 22.2 Å². The molecule has 2 rings (SSSR count). The van der Waals surface area contributed by atoms with Gasteiger partial charge in [0.1, 0.15) is 5.82 Å². The number of carbonyl (C=O) groups is 1. The first-order valence-corrected chi connectivity index (χ1v) is 6.69. The summed E-state index contributed by atoms with van der Waals surface area (Å²) in [4.78, 5) is 22.2. The number of amides is 1.